The molecule has 0 radical (unpaired) electrons. The van der Waals surface area contributed by atoms with Crippen LogP contribution in [0.4, 0.5) is 0 Å². The molecule has 0 aromatic rings. The highest BCUT2D eigenvalue weighted by Gasteiger charge is 2.44. The molecule has 10 nitrogen and oxygen atoms in total. The fraction of sp³-hybridized carbons (Fsp3) is 0.938. The van der Waals surface area contributed by atoms with Gasteiger partial charge in [-0.15, -0.1) is 0 Å². The molecule has 58 heavy (non-hydrogen) atoms. The van der Waals surface area contributed by atoms with Gasteiger partial charge in [0.1, 0.15) is 30.5 Å². The zero-order valence-electron chi connectivity index (χ0n) is 37.4. The first kappa shape index (κ1) is 54.9. The summed E-state index contributed by atoms with van der Waals surface area (Å²) in [5, 5.41) is 64.7. The molecule has 1 rings (SSSR count). The second kappa shape index (κ2) is 38.8. The lowest BCUT2D eigenvalue weighted by atomic mass is 9.99. The SMILES string of the molecule is CCCCCCCCCCCC/C=C/C(O)C(COC1OC(CO)C(O)C(O)C1O)NC(=O)C(O)CCCCCCCCCCCCCCCCCCCCCCC. The Morgan fingerprint density at radius 2 is 0.983 bits per heavy atom. The molecule has 0 aromatic heterocycles. The summed E-state index contributed by atoms with van der Waals surface area (Å²) >= 11 is 0. The minimum Gasteiger partial charge on any atom is -0.394 e. The zero-order chi connectivity index (χ0) is 42.5. The summed E-state index contributed by atoms with van der Waals surface area (Å²) in [5.41, 5.74) is 0. The number of unbranched alkanes of at least 4 members (excludes halogenated alkanes) is 30. The summed E-state index contributed by atoms with van der Waals surface area (Å²) in [4.78, 5) is 13.0. The van der Waals surface area contributed by atoms with Crippen molar-refractivity contribution in [2.75, 3.05) is 13.2 Å². The van der Waals surface area contributed by atoms with E-state index in [1.807, 2.05) is 6.08 Å². The first-order valence-corrected chi connectivity index (χ1v) is 24.5. The third-order valence-electron chi connectivity index (χ3n) is 12.0. The van der Waals surface area contributed by atoms with E-state index in [1.54, 1.807) is 6.08 Å². The van der Waals surface area contributed by atoms with E-state index in [0.717, 1.165) is 44.9 Å². The third-order valence-corrected chi connectivity index (χ3v) is 12.0. The first-order chi connectivity index (χ1) is 28.3. The Balaban J connectivity index is 2.32. The number of nitrogens with one attached hydrogen (secondary N) is 1. The highest BCUT2D eigenvalue weighted by atomic mass is 16.7. The van der Waals surface area contributed by atoms with Gasteiger partial charge in [-0.3, -0.25) is 4.79 Å². The van der Waals surface area contributed by atoms with Gasteiger partial charge in [-0.2, -0.15) is 0 Å². The standard InChI is InChI=1S/C48H93NO9/c1-3-5-7-9-11-13-15-17-18-19-20-21-22-23-24-25-27-29-31-33-35-37-42(52)47(56)49-40(39-57-48-46(55)45(54)44(53)43(38-50)58-48)41(51)36-34-32-30-28-26-16-14-12-10-8-6-4-2/h34,36,40-46,48,50-55H,3-33,35,37-39H2,1-2H3,(H,49,56)/b36-34+. The number of carbonyl (C=O) groups is 1. The summed E-state index contributed by atoms with van der Waals surface area (Å²) in [6, 6.07) is -0.974. The minimum absolute atomic E-state index is 0.301. The van der Waals surface area contributed by atoms with E-state index in [4.69, 9.17) is 9.47 Å². The van der Waals surface area contributed by atoms with Gasteiger partial charge < -0.3 is 45.4 Å². The monoisotopic (exact) mass is 828 g/mol. The fourth-order valence-electron chi connectivity index (χ4n) is 7.93. The van der Waals surface area contributed by atoms with Crippen LogP contribution in [-0.2, 0) is 14.3 Å². The summed E-state index contributed by atoms with van der Waals surface area (Å²) < 4.78 is 11.1. The maximum Gasteiger partial charge on any atom is 0.249 e. The van der Waals surface area contributed by atoms with Crippen LogP contribution in [0, 0.1) is 0 Å². The van der Waals surface area contributed by atoms with E-state index in [9.17, 15) is 35.4 Å². The fourth-order valence-corrected chi connectivity index (χ4v) is 7.93. The normalized spacial score (nSPS) is 21.4. The maximum absolute atomic E-state index is 13.0. The van der Waals surface area contributed by atoms with Crippen molar-refractivity contribution in [2.45, 2.75) is 275 Å². The minimum atomic E-state index is -1.61. The van der Waals surface area contributed by atoms with Crippen molar-refractivity contribution < 1.29 is 44.9 Å². The van der Waals surface area contributed by atoms with Crippen LogP contribution < -0.4 is 5.32 Å². The number of hydrogen-bond acceptors (Lipinski definition) is 9. The molecule has 7 N–H and O–H groups in total. The molecule has 344 valence electrons. The Hall–Kier alpha value is -1.11. The summed E-state index contributed by atoms with van der Waals surface area (Å²) in [7, 11) is 0. The van der Waals surface area contributed by atoms with Crippen molar-refractivity contribution >= 4 is 5.91 Å². The van der Waals surface area contributed by atoms with Gasteiger partial charge in [-0.25, -0.2) is 0 Å². The summed E-state index contributed by atoms with van der Waals surface area (Å²) in [5.74, 6) is -0.613. The summed E-state index contributed by atoms with van der Waals surface area (Å²) in [6.45, 7) is 3.61. The van der Waals surface area contributed by atoms with Crippen molar-refractivity contribution in [2.24, 2.45) is 0 Å². The van der Waals surface area contributed by atoms with Gasteiger partial charge in [0.2, 0.25) is 5.91 Å². The van der Waals surface area contributed by atoms with Gasteiger partial charge in [-0.05, 0) is 19.3 Å². The molecular weight excluding hydrogens is 735 g/mol. The smallest absolute Gasteiger partial charge is 0.249 e. The molecule has 0 spiro atoms. The van der Waals surface area contributed by atoms with Crippen LogP contribution >= 0.6 is 0 Å². The van der Waals surface area contributed by atoms with Crippen molar-refractivity contribution in [3.8, 4) is 0 Å². The Bertz CT molecular complexity index is 937. The van der Waals surface area contributed by atoms with E-state index in [1.165, 1.54) is 161 Å². The van der Waals surface area contributed by atoms with E-state index in [-0.39, 0.29) is 6.61 Å². The summed E-state index contributed by atoms with van der Waals surface area (Å²) in [6.07, 6.45) is 34.5. The van der Waals surface area contributed by atoms with E-state index in [0.29, 0.717) is 6.42 Å². The second-order valence-corrected chi connectivity index (χ2v) is 17.4. The van der Waals surface area contributed by atoms with Crippen LogP contribution in [0.2, 0.25) is 0 Å². The van der Waals surface area contributed by atoms with Gasteiger partial charge in [-0.1, -0.05) is 219 Å². The number of allylic oxidation sites excluding steroid dienone is 1. The van der Waals surface area contributed by atoms with E-state index < -0.39 is 61.5 Å². The lowest BCUT2D eigenvalue weighted by molar-refractivity contribution is -0.302. The number of rotatable bonds is 41. The topological polar surface area (TPSA) is 169 Å². The van der Waals surface area contributed by atoms with E-state index in [2.05, 4.69) is 19.2 Å². The molecule has 1 heterocycles. The Labute approximate surface area is 355 Å². The van der Waals surface area contributed by atoms with Crippen molar-refractivity contribution in [3.63, 3.8) is 0 Å². The number of aliphatic hydroxyl groups is 6. The third kappa shape index (κ3) is 28.4. The van der Waals surface area contributed by atoms with Gasteiger partial charge in [0.15, 0.2) is 6.29 Å². The molecule has 0 aliphatic carbocycles. The average Bonchev–Trinajstić information content (AvgIpc) is 3.22. The number of aliphatic hydroxyl groups excluding tert-OH is 6. The lowest BCUT2D eigenvalue weighted by Crippen LogP contribution is -2.60. The van der Waals surface area contributed by atoms with Crippen LogP contribution in [0.15, 0.2) is 12.2 Å². The molecule has 8 unspecified atom stereocenters. The second-order valence-electron chi connectivity index (χ2n) is 17.4. The Kier molecular flexibility index (Phi) is 36.7. The Morgan fingerprint density at radius 1 is 0.586 bits per heavy atom. The van der Waals surface area contributed by atoms with Crippen molar-refractivity contribution in [1.29, 1.82) is 0 Å². The molecule has 1 saturated heterocycles. The lowest BCUT2D eigenvalue weighted by Gasteiger charge is -2.40. The van der Waals surface area contributed by atoms with Crippen molar-refractivity contribution in [3.05, 3.63) is 12.2 Å². The van der Waals surface area contributed by atoms with Gasteiger partial charge in [0.25, 0.3) is 0 Å². The zero-order valence-corrected chi connectivity index (χ0v) is 37.4. The quantitative estimate of drug-likeness (QED) is 0.0235. The highest BCUT2D eigenvalue weighted by Crippen LogP contribution is 2.23. The maximum atomic E-state index is 13.0. The molecule has 0 saturated carbocycles. The van der Waals surface area contributed by atoms with Crippen LogP contribution in [0.3, 0.4) is 0 Å². The largest absolute Gasteiger partial charge is 0.394 e. The molecular formula is C48H93NO9. The highest BCUT2D eigenvalue weighted by molar-refractivity contribution is 5.80. The predicted octanol–water partition coefficient (Wildman–Crippen LogP) is 9.48. The number of hydrogen-bond donors (Lipinski definition) is 7. The molecule has 1 amide bonds. The van der Waals surface area contributed by atoms with Gasteiger partial charge in [0, 0.05) is 0 Å². The van der Waals surface area contributed by atoms with Gasteiger partial charge >= 0.3 is 0 Å². The van der Waals surface area contributed by atoms with E-state index >= 15 is 0 Å². The van der Waals surface area contributed by atoms with Crippen LogP contribution in [0.25, 0.3) is 0 Å². The van der Waals surface area contributed by atoms with Crippen LogP contribution in [0.1, 0.15) is 226 Å². The number of carbonyl (C=O) groups excluding carboxylic acids is 1. The van der Waals surface area contributed by atoms with Crippen LogP contribution in [-0.4, -0.2) is 98.7 Å². The molecule has 1 aliphatic rings. The average molecular weight is 828 g/mol. The number of amides is 1. The molecule has 0 bridgehead atoms. The van der Waals surface area contributed by atoms with Crippen molar-refractivity contribution in [1.82, 2.24) is 5.32 Å². The molecule has 1 fully saturated rings. The molecule has 10 heteroatoms. The molecule has 1 aliphatic heterocycles. The Morgan fingerprint density at radius 3 is 1.40 bits per heavy atom. The van der Waals surface area contributed by atoms with Gasteiger partial charge in [0.05, 0.1) is 25.4 Å². The number of ether oxygens (including phenoxy) is 2. The molecule has 8 atom stereocenters. The van der Waals surface area contributed by atoms with Crippen LogP contribution in [0.5, 0.6) is 0 Å². The predicted molar refractivity (Wildman–Crippen MR) is 237 cm³/mol. The first-order valence-electron chi connectivity index (χ1n) is 24.5. The molecule has 0 aromatic carbocycles.